The van der Waals surface area contributed by atoms with E-state index in [1.807, 2.05) is 19.9 Å². The number of rotatable bonds is 2. The van der Waals surface area contributed by atoms with Gasteiger partial charge in [-0.2, -0.15) is 0 Å². The number of H-pyrrole nitrogens is 1. The summed E-state index contributed by atoms with van der Waals surface area (Å²) in [6.07, 6.45) is 1.53. The topological polar surface area (TPSA) is 53.6 Å². The van der Waals surface area contributed by atoms with Crippen molar-refractivity contribution in [2.45, 2.75) is 13.8 Å². The largest absolute Gasteiger partial charge is 0.343 e. The fraction of sp³-hybridized carbons (Fsp3) is 0.143. The molecule has 0 aliphatic heterocycles. The fourth-order valence-corrected chi connectivity index (χ4v) is 2.40. The minimum Gasteiger partial charge on any atom is -0.343 e. The van der Waals surface area contributed by atoms with Crippen LogP contribution in [0.4, 0.5) is 11.5 Å². The van der Waals surface area contributed by atoms with Crippen LogP contribution in [0, 0.1) is 13.8 Å². The Morgan fingerprint density at radius 3 is 2.65 bits per heavy atom. The molecule has 0 aliphatic rings. The second-order valence-corrected chi connectivity index (χ2v) is 5.39. The van der Waals surface area contributed by atoms with Crippen LogP contribution < -0.4 is 5.32 Å². The standard InChI is InChI=1S/C14H12Cl2N4/c1-7-8(2)19-13-12(7)14(18-6-17-13)20-9-3-4-10(15)11(16)5-9/h3-6H,1-2H3,(H2,17,18,19,20). The summed E-state index contributed by atoms with van der Waals surface area (Å²) in [5.74, 6) is 0.746. The van der Waals surface area contributed by atoms with Gasteiger partial charge in [0.15, 0.2) is 0 Å². The first-order valence-electron chi connectivity index (χ1n) is 6.08. The van der Waals surface area contributed by atoms with Gasteiger partial charge in [0.2, 0.25) is 0 Å². The molecule has 6 heteroatoms. The molecule has 2 aromatic heterocycles. The highest BCUT2D eigenvalue weighted by atomic mass is 35.5. The minimum absolute atomic E-state index is 0.504. The molecule has 3 rings (SSSR count). The third kappa shape index (κ3) is 2.21. The lowest BCUT2D eigenvalue weighted by molar-refractivity contribution is 1.18. The van der Waals surface area contributed by atoms with Gasteiger partial charge >= 0.3 is 0 Å². The Morgan fingerprint density at radius 1 is 1.10 bits per heavy atom. The minimum atomic E-state index is 0.504. The van der Waals surface area contributed by atoms with Gasteiger partial charge in [0, 0.05) is 11.4 Å². The normalized spacial score (nSPS) is 11.0. The number of hydrogen-bond acceptors (Lipinski definition) is 3. The Kier molecular flexibility index (Phi) is 3.28. The zero-order valence-electron chi connectivity index (χ0n) is 11.0. The van der Waals surface area contributed by atoms with Crippen LogP contribution in [0.2, 0.25) is 10.0 Å². The Labute approximate surface area is 126 Å². The summed E-state index contributed by atoms with van der Waals surface area (Å²) in [4.78, 5) is 11.8. The molecule has 0 aliphatic carbocycles. The van der Waals surface area contributed by atoms with E-state index in [4.69, 9.17) is 23.2 Å². The molecule has 0 bridgehead atoms. The van der Waals surface area contributed by atoms with Crippen molar-refractivity contribution >= 4 is 45.7 Å². The van der Waals surface area contributed by atoms with Crippen molar-refractivity contribution in [1.29, 1.82) is 0 Å². The zero-order valence-corrected chi connectivity index (χ0v) is 12.5. The van der Waals surface area contributed by atoms with Crippen molar-refractivity contribution in [1.82, 2.24) is 15.0 Å². The van der Waals surface area contributed by atoms with Crippen molar-refractivity contribution in [2.24, 2.45) is 0 Å². The van der Waals surface area contributed by atoms with Crippen LogP contribution in [-0.2, 0) is 0 Å². The monoisotopic (exact) mass is 306 g/mol. The number of aromatic amines is 1. The molecule has 0 amide bonds. The van der Waals surface area contributed by atoms with E-state index in [0.29, 0.717) is 10.0 Å². The summed E-state index contributed by atoms with van der Waals surface area (Å²) in [5, 5.41) is 5.27. The average Bonchev–Trinajstić information content (AvgIpc) is 2.71. The SMILES string of the molecule is Cc1[nH]c2ncnc(Nc3ccc(Cl)c(Cl)c3)c2c1C. The first-order chi connectivity index (χ1) is 9.56. The summed E-state index contributed by atoms with van der Waals surface area (Å²) >= 11 is 11.9. The van der Waals surface area contributed by atoms with Crippen LogP contribution >= 0.6 is 23.2 Å². The number of fused-ring (bicyclic) bond motifs is 1. The van der Waals surface area contributed by atoms with Crippen molar-refractivity contribution < 1.29 is 0 Å². The lowest BCUT2D eigenvalue weighted by Crippen LogP contribution is -1.95. The van der Waals surface area contributed by atoms with E-state index < -0.39 is 0 Å². The Morgan fingerprint density at radius 2 is 1.90 bits per heavy atom. The van der Waals surface area contributed by atoms with Gasteiger partial charge in [-0.05, 0) is 37.6 Å². The van der Waals surface area contributed by atoms with E-state index in [1.54, 1.807) is 12.1 Å². The molecule has 0 unspecified atom stereocenters. The zero-order chi connectivity index (χ0) is 14.3. The van der Waals surface area contributed by atoms with Crippen LogP contribution in [0.3, 0.4) is 0 Å². The second kappa shape index (κ2) is 4.96. The predicted octanol–water partition coefficient (Wildman–Crippen LogP) is 4.63. The first kappa shape index (κ1) is 13.2. The molecular formula is C14H12Cl2N4. The molecule has 4 nitrogen and oxygen atoms in total. The Balaban J connectivity index is 2.08. The number of aromatic nitrogens is 3. The third-order valence-electron chi connectivity index (χ3n) is 3.27. The molecule has 0 spiro atoms. The van der Waals surface area contributed by atoms with E-state index in [0.717, 1.165) is 33.8 Å². The third-order valence-corrected chi connectivity index (χ3v) is 4.01. The smallest absolute Gasteiger partial charge is 0.143 e. The number of anilines is 2. The van der Waals surface area contributed by atoms with Crippen molar-refractivity contribution in [2.75, 3.05) is 5.32 Å². The van der Waals surface area contributed by atoms with E-state index >= 15 is 0 Å². The molecule has 0 fully saturated rings. The average molecular weight is 307 g/mol. The number of hydrogen-bond donors (Lipinski definition) is 2. The summed E-state index contributed by atoms with van der Waals surface area (Å²) < 4.78 is 0. The van der Waals surface area contributed by atoms with Gasteiger partial charge in [-0.1, -0.05) is 23.2 Å². The molecule has 0 radical (unpaired) electrons. The number of halogens is 2. The van der Waals surface area contributed by atoms with Crippen molar-refractivity contribution in [3.8, 4) is 0 Å². The highest BCUT2D eigenvalue weighted by Crippen LogP contribution is 2.30. The second-order valence-electron chi connectivity index (χ2n) is 4.57. The maximum atomic E-state index is 6.02. The molecule has 1 aromatic carbocycles. The number of aryl methyl sites for hydroxylation is 2. The highest BCUT2D eigenvalue weighted by Gasteiger charge is 2.11. The highest BCUT2D eigenvalue weighted by molar-refractivity contribution is 6.42. The van der Waals surface area contributed by atoms with E-state index in [-0.39, 0.29) is 0 Å². The molecular weight excluding hydrogens is 295 g/mol. The van der Waals surface area contributed by atoms with Gasteiger partial charge in [0.25, 0.3) is 0 Å². The fourth-order valence-electron chi connectivity index (χ4n) is 2.10. The molecule has 0 saturated carbocycles. The van der Waals surface area contributed by atoms with Gasteiger partial charge in [0.1, 0.15) is 17.8 Å². The Hall–Kier alpha value is -1.78. The quantitative estimate of drug-likeness (QED) is 0.726. The van der Waals surface area contributed by atoms with Gasteiger partial charge < -0.3 is 10.3 Å². The maximum Gasteiger partial charge on any atom is 0.143 e. The Bertz CT molecular complexity index is 795. The van der Waals surface area contributed by atoms with Gasteiger partial charge in [-0.3, -0.25) is 0 Å². The molecule has 3 aromatic rings. The summed E-state index contributed by atoms with van der Waals surface area (Å²) in [7, 11) is 0. The lowest BCUT2D eigenvalue weighted by Gasteiger charge is -2.08. The predicted molar refractivity (Wildman–Crippen MR) is 83.1 cm³/mol. The maximum absolute atomic E-state index is 6.02. The molecule has 0 saturated heterocycles. The van der Waals surface area contributed by atoms with Gasteiger partial charge in [-0.15, -0.1) is 0 Å². The lowest BCUT2D eigenvalue weighted by atomic mass is 10.2. The van der Waals surface area contributed by atoms with E-state index in [9.17, 15) is 0 Å². The van der Waals surface area contributed by atoms with Gasteiger partial charge in [-0.25, -0.2) is 9.97 Å². The van der Waals surface area contributed by atoms with Crippen molar-refractivity contribution in [3.05, 3.63) is 45.8 Å². The summed E-state index contributed by atoms with van der Waals surface area (Å²) in [6, 6.07) is 5.38. The molecule has 102 valence electrons. The molecule has 0 atom stereocenters. The molecule has 2 N–H and O–H groups in total. The van der Waals surface area contributed by atoms with Crippen LogP contribution in [0.25, 0.3) is 11.0 Å². The van der Waals surface area contributed by atoms with Gasteiger partial charge in [0.05, 0.1) is 15.4 Å². The molecule has 2 heterocycles. The molecule has 20 heavy (non-hydrogen) atoms. The number of nitrogens with one attached hydrogen (secondary N) is 2. The van der Waals surface area contributed by atoms with Crippen molar-refractivity contribution in [3.63, 3.8) is 0 Å². The number of nitrogens with zero attached hydrogens (tertiary/aromatic N) is 2. The first-order valence-corrected chi connectivity index (χ1v) is 6.84. The van der Waals surface area contributed by atoms with Crippen LogP contribution in [0.1, 0.15) is 11.3 Å². The summed E-state index contributed by atoms with van der Waals surface area (Å²) in [6.45, 7) is 4.05. The van der Waals surface area contributed by atoms with Crippen LogP contribution in [0.15, 0.2) is 24.5 Å². The number of benzene rings is 1. The van der Waals surface area contributed by atoms with Crippen LogP contribution in [0.5, 0.6) is 0 Å². The summed E-state index contributed by atoms with van der Waals surface area (Å²) in [5.41, 5.74) is 3.86. The van der Waals surface area contributed by atoms with Crippen LogP contribution in [-0.4, -0.2) is 15.0 Å². The van der Waals surface area contributed by atoms with E-state index in [2.05, 4.69) is 20.3 Å². The van der Waals surface area contributed by atoms with E-state index in [1.165, 1.54) is 6.33 Å².